The first-order chi connectivity index (χ1) is 9.05. The van der Waals surface area contributed by atoms with Crippen molar-refractivity contribution in [3.05, 3.63) is 29.6 Å². The molecule has 1 aromatic heterocycles. The van der Waals surface area contributed by atoms with Crippen LogP contribution in [0.3, 0.4) is 0 Å². The lowest BCUT2D eigenvalue weighted by Crippen LogP contribution is -2.37. The second kappa shape index (κ2) is 4.87. The summed E-state index contributed by atoms with van der Waals surface area (Å²) in [5.41, 5.74) is 2.27. The average molecular weight is 280 g/mol. The van der Waals surface area contributed by atoms with Gasteiger partial charge in [0.25, 0.3) is 0 Å². The van der Waals surface area contributed by atoms with Crippen molar-refractivity contribution < 1.29 is 8.42 Å². The molecular weight excluding hydrogens is 260 g/mol. The zero-order valence-corrected chi connectivity index (χ0v) is 12.1. The fraction of sp³-hybridized carbons (Fsp3) is 0.643. The molecule has 0 radical (unpaired) electrons. The van der Waals surface area contributed by atoms with Gasteiger partial charge in [-0.3, -0.25) is 9.88 Å². The fourth-order valence-corrected chi connectivity index (χ4v) is 4.60. The van der Waals surface area contributed by atoms with Gasteiger partial charge in [0, 0.05) is 24.8 Å². The summed E-state index contributed by atoms with van der Waals surface area (Å²) in [4.78, 5) is 6.82. The first-order valence-corrected chi connectivity index (χ1v) is 8.74. The van der Waals surface area contributed by atoms with Gasteiger partial charge in [-0.2, -0.15) is 0 Å². The summed E-state index contributed by atoms with van der Waals surface area (Å²) >= 11 is 0. The molecule has 1 unspecified atom stereocenters. The minimum absolute atomic E-state index is 0.193. The van der Waals surface area contributed by atoms with Crippen LogP contribution in [0.4, 0.5) is 0 Å². The summed E-state index contributed by atoms with van der Waals surface area (Å²) < 4.78 is 23.3. The highest BCUT2D eigenvalue weighted by molar-refractivity contribution is 7.91. The maximum absolute atomic E-state index is 11.7. The Bertz CT molecular complexity index is 567. The standard InChI is InChI=1S/C14H20N2O2S/c1-11-3-2-7-15-14(11)9-16(12-4-5-12)13-6-8-19(17,18)10-13/h2-3,7,12-13H,4-6,8-10H2,1H3. The van der Waals surface area contributed by atoms with Gasteiger partial charge in [-0.15, -0.1) is 0 Å². The SMILES string of the molecule is Cc1cccnc1CN(C1CC1)C1CCS(=O)(=O)C1. The number of hydrogen-bond acceptors (Lipinski definition) is 4. The van der Waals surface area contributed by atoms with Crippen molar-refractivity contribution in [2.75, 3.05) is 11.5 Å². The van der Waals surface area contributed by atoms with Crippen LogP contribution in [0, 0.1) is 6.92 Å². The van der Waals surface area contributed by atoms with Crippen LogP contribution in [0.1, 0.15) is 30.5 Å². The molecule has 0 N–H and O–H groups in total. The van der Waals surface area contributed by atoms with Crippen LogP contribution in [0.15, 0.2) is 18.3 Å². The van der Waals surface area contributed by atoms with Crippen LogP contribution in [-0.4, -0.2) is 41.9 Å². The normalized spacial score (nSPS) is 25.9. The Kier molecular flexibility index (Phi) is 3.35. The molecular formula is C14H20N2O2S. The number of rotatable bonds is 4. The highest BCUT2D eigenvalue weighted by atomic mass is 32.2. The van der Waals surface area contributed by atoms with Gasteiger partial charge in [-0.05, 0) is 37.8 Å². The van der Waals surface area contributed by atoms with E-state index in [9.17, 15) is 8.42 Å². The second-order valence-electron chi connectivity index (χ2n) is 5.73. The molecule has 1 aliphatic carbocycles. The van der Waals surface area contributed by atoms with Gasteiger partial charge in [0.2, 0.25) is 0 Å². The Balaban J connectivity index is 1.77. The summed E-state index contributed by atoms with van der Waals surface area (Å²) in [7, 11) is -2.81. The van der Waals surface area contributed by atoms with Crippen molar-refractivity contribution in [1.29, 1.82) is 0 Å². The highest BCUT2D eigenvalue weighted by Crippen LogP contribution is 2.33. The first-order valence-electron chi connectivity index (χ1n) is 6.92. The Morgan fingerprint density at radius 1 is 1.32 bits per heavy atom. The van der Waals surface area contributed by atoms with Gasteiger partial charge in [0.15, 0.2) is 9.84 Å². The smallest absolute Gasteiger partial charge is 0.151 e. The van der Waals surface area contributed by atoms with E-state index in [1.807, 2.05) is 12.3 Å². The number of nitrogens with zero attached hydrogens (tertiary/aromatic N) is 2. The van der Waals surface area contributed by atoms with E-state index in [4.69, 9.17) is 0 Å². The summed E-state index contributed by atoms with van der Waals surface area (Å²) in [5, 5.41) is 0. The van der Waals surface area contributed by atoms with Crippen molar-refractivity contribution in [1.82, 2.24) is 9.88 Å². The topological polar surface area (TPSA) is 50.3 Å². The molecule has 4 nitrogen and oxygen atoms in total. The molecule has 2 aliphatic rings. The van der Waals surface area contributed by atoms with E-state index in [0.717, 1.165) is 18.7 Å². The van der Waals surface area contributed by atoms with E-state index in [1.165, 1.54) is 18.4 Å². The Hall–Kier alpha value is -0.940. The third-order valence-electron chi connectivity index (χ3n) is 4.14. The molecule has 0 spiro atoms. The minimum Gasteiger partial charge on any atom is -0.291 e. The molecule has 0 amide bonds. The molecule has 2 fully saturated rings. The number of aromatic nitrogens is 1. The molecule has 0 aromatic carbocycles. The van der Waals surface area contributed by atoms with Gasteiger partial charge in [0.05, 0.1) is 17.2 Å². The number of hydrogen-bond donors (Lipinski definition) is 0. The Morgan fingerprint density at radius 2 is 2.11 bits per heavy atom. The molecule has 1 aromatic rings. The maximum atomic E-state index is 11.7. The van der Waals surface area contributed by atoms with Gasteiger partial charge >= 0.3 is 0 Å². The first kappa shape index (κ1) is 13.1. The van der Waals surface area contributed by atoms with Crippen LogP contribution in [-0.2, 0) is 16.4 Å². The van der Waals surface area contributed by atoms with E-state index in [2.05, 4.69) is 22.9 Å². The largest absolute Gasteiger partial charge is 0.291 e. The Morgan fingerprint density at radius 3 is 2.68 bits per heavy atom. The quantitative estimate of drug-likeness (QED) is 0.839. The number of pyridine rings is 1. The lowest BCUT2D eigenvalue weighted by atomic mass is 10.1. The number of sulfone groups is 1. The van der Waals surface area contributed by atoms with Gasteiger partial charge in [-0.25, -0.2) is 8.42 Å². The van der Waals surface area contributed by atoms with E-state index in [-0.39, 0.29) is 6.04 Å². The van der Waals surface area contributed by atoms with E-state index in [1.54, 1.807) is 0 Å². The molecule has 19 heavy (non-hydrogen) atoms. The van der Waals surface area contributed by atoms with Gasteiger partial charge in [0.1, 0.15) is 0 Å². The van der Waals surface area contributed by atoms with Crippen LogP contribution in [0.5, 0.6) is 0 Å². The summed E-state index contributed by atoms with van der Waals surface area (Å²) in [6, 6.07) is 4.78. The molecule has 1 saturated carbocycles. The zero-order chi connectivity index (χ0) is 13.5. The van der Waals surface area contributed by atoms with Crippen molar-refractivity contribution in [3.63, 3.8) is 0 Å². The van der Waals surface area contributed by atoms with Gasteiger partial charge in [-0.1, -0.05) is 6.07 Å². The molecule has 104 valence electrons. The Labute approximate surface area is 114 Å². The maximum Gasteiger partial charge on any atom is 0.151 e. The van der Waals surface area contributed by atoms with Crippen LogP contribution >= 0.6 is 0 Å². The van der Waals surface area contributed by atoms with Gasteiger partial charge < -0.3 is 0 Å². The molecule has 3 rings (SSSR count). The monoisotopic (exact) mass is 280 g/mol. The summed E-state index contributed by atoms with van der Waals surface area (Å²) in [6.45, 7) is 2.86. The molecule has 0 bridgehead atoms. The fourth-order valence-electron chi connectivity index (χ4n) is 2.86. The minimum atomic E-state index is -2.81. The third kappa shape index (κ3) is 2.98. The average Bonchev–Trinajstić information content (AvgIpc) is 3.13. The lowest BCUT2D eigenvalue weighted by Gasteiger charge is -2.28. The zero-order valence-electron chi connectivity index (χ0n) is 11.2. The molecule has 1 atom stereocenters. The van der Waals surface area contributed by atoms with Crippen molar-refractivity contribution in [3.8, 4) is 0 Å². The second-order valence-corrected chi connectivity index (χ2v) is 7.96. The van der Waals surface area contributed by atoms with Crippen LogP contribution in [0.25, 0.3) is 0 Å². The van der Waals surface area contributed by atoms with Crippen LogP contribution in [0.2, 0.25) is 0 Å². The van der Waals surface area contributed by atoms with E-state index >= 15 is 0 Å². The third-order valence-corrected chi connectivity index (χ3v) is 5.89. The predicted molar refractivity (Wildman–Crippen MR) is 74.6 cm³/mol. The van der Waals surface area contributed by atoms with Crippen molar-refractivity contribution in [2.24, 2.45) is 0 Å². The predicted octanol–water partition coefficient (Wildman–Crippen LogP) is 1.54. The lowest BCUT2D eigenvalue weighted by molar-refractivity contribution is 0.190. The van der Waals surface area contributed by atoms with Crippen molar-refractivity contribution in [2.45, 2.75) is 44.8 Å². The molecule has 5 heteroatoms. The summed E-state index contributed by atoms with van der Waals surface area (Å²) in [6.07, 6.45) is 4.99. The summed E-state index contributed by atoms with van der Waals surface area (Å²) in [5.74, 6) is 0.678. The number of aryl methyl sites for hydroxylation is 1. The van der Waals surface area contributed by atoms with E-state index < -0.39 is 9.84 Å². The van der Waals surface area contributed by atoms with Crippen LogP contribution < -0.4 is 0 Å². The highest BCUT2D eigenvalue weighted by Gasteiger charge is 2.39. The molecule has 2 heterocycles. The van der Waals surface area contributed by atoms with Crippen molar-refractivity contribution >= 4 is 9.84 Å². The van der Waals surface area contributed by atoms with E-state index in [0.29, 0.717) is 17.5 Å². The molecule has 1 aliphatic heterocycles. The molecule has 1 saturated heterocycles.